The fraction of sp³-hybridized carbons (Fsp3) is 0.200. The quantitative estimate of drug-likeness (QED) is 0.747. The Labute approximate surface area is 132 Å². The highest BCUT2D eigenvalue weighted by molar-refractivity contribution is 6.37. The molecule has 0 amide bonds. The number of halogens is 3. The first-order chi connectivity index (χ1) is 9.56. The molecule has 0 atom stereocenters. The van der Waals surface area contributed by atoms with Crippen molar-refractivity contribution in [3.8, 4) is 11.5 Å². The van der Waals surface area contributed by atoms with E-state index >= 15 is 0 Å². The van der Waals surface area contributed by atoms with Gasteiger partial charge in [-0.15, -0.1) is 0 Å². The molecule has 0 aliphatic carbocycles. The van der Waals surface area contributed by atoms with Crippen LogP contribution >= 0.6 is 34.8 Å². The molecule has 0 bridgehead atoms. The first kappa shape index (κ1) is 15.3. The summed E-state index contributed by atoms with van der Waals surface area (Å²) in [5.41, 5.74) is 1.16. The zero-order chi connectivity index (χ0) is 14.5. The Bertz CT molecular complexity index is 576. The van der Waals surface area contributed by atoms with Gasteiger partial charge in [0.05, 0.1) is 16.7 Å². The van der Waals surface area contributed by atoms with Crippen LogP contribution in [-0.2, 0) is 6.42 Å². The summed E-state index contributed by atoms with van der Waals surface area (Å²) in [5.74, 6) is 0.420. The molecule has 0 unspecified atom stereocenters. The number of phenolic OH excluding ortho intramolecular Hbond substituents is 1. The molecule has 2 aromatic carbocycles. The van der Waals surface area contributed by atoms with Crippen LogP contribution in [0.1, 0.15) is 12.0 Å². The predicted octanol–water partition coefficient (Wildman–Crippen LogP) is 5.36. The van der Waals surface area contributed by atoms with E-state index in [1.54, 1.807) is 0 Å². The Morgan fingerprint density at radius 1 is 1.00 bits per heavy atom. The summed E-state index contributed by atoms with van der Waals surface area (Å²) in [6, 6.07) is 10.5. The average Bonchev–Trinajstić information content (AvgIpc) is 2.36. The van der Waals surface area contributed by atoms with Gasteiger partial charge in [-0.25, -0.2) is 0 Å². The van der Waals surface area contributed by atoms with E-state index in [0.717, 1.165) is 23.4 Å². The maximum Gasteiger partial charge on any atom is 0.156 e. The topological polar surface area (TPSA) is 29.5 Å². The van der Waals surface area contributed by atoms with E-state index in [1.165, 1.54) is 12.1 Å². The van der Waals surface area contributed by atoms with E-state index in [0.29, 0.717) is 22.4 Å². The van der Waals surface area contributed by atoms with Gasteiger partial charge in [0.2, 0.25) is 0 Å². The predicted molar refractivity (Wildman–Crippen MR) is 83.4 cm³/mol. The lowest BCUT2D eigenvalue weighted by Gasteiger charge is -2.10. The highest BCUT2D eigenvalue weighted by Crippen LogP contribution is 2.36. The molecule has 106 valence electrons. The molecule has 0 saturated carbocycles. The second kappa shape index (κ2) is 7.07. The van der Waals surface area contributed by atoms with Crippen molar-refractivity contribution in [2.24, 2.45) is 0 Å². The molecule has 0 fully saturated rings. The third-order valence-corrected chi connectivity index (χ3v) is 3.52. The third kappa shape index (κ3) is 4.20. The summed E-state index contributed by atoms with van der Waals surface area (Å²) >= 11 is 17.8. The summed E-state index contributed by atoms with van der Waals surface area (Å²) in [6.07, 6.45) is 1.67. The van der Waals surface area contributed by atoms with Crippen LogP contribution in [-0.4, -0.2) is 11.7 Å². The van der Waals surface area contributed by atoms with E-state index < -0.39 is 0 Å². The van der Waals surface area contributed by atoms with Crippen LogP contribution in [0, 0.1) is 0 Å². The number of benzene rings is 2. The molecule has 0 aliphatic heterocycles. The largest absolute Gasteiger partial charge is 0.508 e. The van der Waals surface area contributed by atoms with Crippen LogP contribution in [0.2, 0.25) is 15.1 Å². The molecule has 0 saturated heterocycles. The van der Waals surface area contributed by atoms with Crippen molar-refractivity contribution in [3.63, 3.8) is 0 Å². The van der Waals surface area contributed by atoms with E-state index in [-0.39, 0.29) is 5.75 Å². The van der Waals surface area contributed by atoms with E-state index in [2.05, 4.69) is 0 Å². The van der Waals surface area contributed by atoms with Crippen LogP contribution in [0.4, 0.5) is 0 Å². The summed E-state index contributed by atoms with van der Waals surface area (Å²) < 4.78 is 5.57. The molecule has 2 rings (SSSR count). The lowest BCUT2D eigenvalue weighted by atomic mass is 10.1. The Hall–Kier alpha value is -1.09. The smallest absolute Gasteiger partial charge is 0.156 e. The normalized spacial score (nSPS) is 10.6. The summed E-state index contributed by atoms with van der Waals surface area (Å²) in [7, 11) is 0. The van der Waals surface area contributed by atoms with E-state index in [1.807, 2.05) is 24.3 Å². The van der Waals surface area contributed by atoms with Gasteiger partial charge in [0.1, 0.15) is 5.75 Å². The molecule has 2 aromatic rings. The molecule has 1 N–H and O–H groups in total. The minimum Gasteiger partial charge on any atom is -0.508 e. The Morgan fingerprint density at radius 2 is 1.70 bits per heavy atom. The van der Waals surface area contributed by atoms with Crippen LogP contribution < -0.4 is 4.74 Å². The summed E-state index contributed by atoms with van der Waals surface area (Å²) in [4.78, 5) is 0. The van der Waals surface area contributed by atoms with Crippen molar-refractivity contribution >= 4 is 34.8 Å². The molecular weight excluding hydrogens is 319 g/mol. The molecule has 5 heteroatoms. The standard InChI is InChI=1S/C15H13Cl3O2/c16-11-5-1-3-10(7-11)4-2-6-20-15-13(17)8-12(19)9-14(15)18/h1,3,5,7-9,19H,2,4,6H2. The molecule has 0 aromatic heterocycles. The van der Waals surface area contributed by atoms with Crippen molar-refractivity contribution in [2.45, 2.75) is 12.8 Å². The fourth-order valence-corrected chi connectivity index (χ4v) is 2.62. The number of aryl methyl sites for hydroxylation is 1. The van der Waals surface area contributed by atoms with Crippen LogP contribution in [0.15, 0.2) is 36.4 Å². The van der Waals surface area contributed by atoms with Gasteiger partial charge in [0.15, 0.2) is 5.75 Å². The van der Waals surface area contributed by atoms with Gasteiger partial charge in [-0.1, -0.05) is 46.9 Å². The maximum atomic E-state index is 9.33. The van der Waals surface area contributed by atoms with Crippen molar-refractivity contribution < 1.29 is 9.84 Å². The SMILES string of the molecule is Oc1cc(Cl)c(OCCCc2cccc(Cl)c2)c(Cl)c1. The third-order valence-electron chi connectivity index (χ3n) is 2.73. The van der Waals surface area contributed by atoms with E-state index in [9.17, 15) is 5.11 Å². The first-order valence-corrected chi connectivity index (χ1v) is 7.25. The van der Waals surface area contributed by atoms with E-state index in [4.69, 9.17) is 39.5 Å². The molecule has 0 spiro atoms. The van der Waals surface area contributed by atoms with Crippen molar-refractivity contribution in [1.82, 2.24) is 0 Å². The second-order valence-electron chi connectivity index (χ2n) is 4.32. The molecule has 20 heavy (non-hydrogen) atoms. The summed E-state index contributed by atoms with van der Waals surface area (Å²) in [5, 5.41) is 10.7. The maximum absolute atomic E-state index is 9.33. The Morgan fingerprint density at radius 3 is 2.35 bits per heavy atom. The number of phenols is 1. The Kier molecular flexibility index (Phi) is 5.41. The van der Waals surface area contributed by atoms with Gasteiger partial charge in [0, 0.05) is 17.2 Å². The van der Waals surface area contributed by atoms with Crippen molar-refractivity contribution in [3.05, 3.63) is 57.0 Å². The van der Waals surface area contributed by atoms with Gasteiger partial charge in [-0.2, -0.15) is 0 Å². The zero-order valence-electron chi connectivity index (χ0n) is 10.6. The van der Waals surface area contributed by atoms with Crippen molar-refractivity contribution in [2.75, 3.05) is 6.61 Å². The second-order valence-corrected chi connectivity index (χ2v) is 5.57. The minimum atomic E-state index is 0.0197. The fourth-order valence-electron chi connectivity index (χ4n) is 1.83. The number of hydrogen-bond donors (Lipinski definition) is 1. The number of hydrogen-bond acceptors (Lipinski definition) is 2. The van der Waals surface area contributed by atoms with Crippen LogP contribution in [0.5, 0.6) is 11.5 Å². The molecule has 0 heterocycles. The first-order valence-electron chi connectivity index (χ1n) is 6.11. The van der Waals surface area contributed by atoms with Crippen molar-refractivity contribution in [1.29, 1.82) is 0 Å². The van der Waals surface area contributed by atoms with Gasteiger partial charge < -0.3 is 9.84 Å². The minimum absolute atomic E-state index is 0.0197. The number of aromatic hydroxyl groups is 1. The van der Waals surface area contributed by atoms with Gasteiger partial charge >= 0.3 is 0 Å². The highest BCUT2D eigenvalue weighted by atomic mass is 35.5. The molecular formula is C15H13Cl3O2. The number of ether oxygens (including phenoxy) is 1. The number of rotatable bonds is 5. The van der Waals surface area contributed by atoms with Crippen LogP contribution in [0.25, 0.3) is 0 Å². The molecule has 0 radical (unpaired) electrons. The molecule has 0 aliphatic rings. The van der Waals surface area contributed by atoms with Gasteiger partial charge in [0.25, 0.3) is 0 Å². The monoisotopic (exact) mass is 330 g/mol. The highest BCUT2D eigenvalue weighted by Gasteiger charge is 2.09. The lowest BCUT2D eigenvalue weighted by Crippen LogP contribution is -2.00. The molecule has 2 nitrogen and oxygen atoms in total. The van der Waals surface area contributed by atoms with Gasteiger partial charge in [-0.3, -0.25) is 0 Å². The Balaban J connectivity index is 1.88. The summed E-state index contributed by atoms with van der Waals surface area (Å²) in [6.45, 7) is 0.483. The lowest BCUT2D eigenvalue weighted by molar-refractivity contribution is 0.311. The zero-order valence-corrected chi connectivity index (χ0v) is 12.8. The van der Waals surface area contributed by atoms with Crippen LogP contribution in [0.3, 0.4) is 0 Å². The van der Waals surface area contributed by atoms with Gasteiger partial charge in [-0.05, 0) is 30.5 Å². The average molecular weight is 332 g/mol.